The van der Waals surface area contributed by atoms with E-state index < -0.39 is 5.91 Å². The molecule has 2 aromatic heterocycles. The topological polar surface area (TPSA) is 150 Å². The van der Waals surface area contributed by atoms with Crippen LogP contribution in [0.3, 0.4) is 0 Å². The van der Waals surface area contributed by atoms with E-state index in [9.17, 15) is 4.79 Å². The van der Waals surface area contributed by atoms with Crippen LogP contribution in [0.25, 0.3) is 0 Å². The van der Waals surface area contributed by atoms with Crippen LogP contribution in [0, 0.1) is 0 Å². The van der Waals surface area contributed by atoms with Crippen LogP contribution in [-0.2, 0) is 4.74 Å². The van der Waals surface area contributed by atoms with E-state index in [1.807, 2.05) is 0 Å². The highest BCUT2D eigenvalue weighted by Crippen LogP contribution is 2.22. The Bertz CT molecular complexity index is 786. The van der Waals surface area contributed by atoms with Crippen molar-refractivity contribution < 1.29 is 14.3 Å². The number of methoxy groups -OCH3 is 1. The van der Waals surface area contributed by atoms with E-state index in [2.05, 4.69) is 25.6 Å². The highest BCUT2D eigenvalue weighted by molar-refractivity contribution is 5.96. The van der Waals surface area contributed by atoms with Gasteiger partial charge in [-0.1, -0.05) is 0 Å². The van der Waals surface area contributed by atoms with Crippen LogP contribution >= 0.6 is 0 Å². The number of aromatic nitrogens is 3. The number of primary amides is 1. The number of hydrogen-bond donors (Lipinski definition) is 4. The standard InChI is InChI=1S/C16H21N7O3/c1-25-10-4-9(5-19-6-10)21-16-14(15(18)24)20-7-13(23-16)22-12-2-3-26-8-11(12)17/h4-7,11-12H,2-3,8,17H2,1H3,(H2,18,24)(H2,21,22,23)/t11-,12+/m0/s1. The molecule has 0 aromatic carbocycles. The number of ether oxygens (including phenoxy) is 2. The predicted molar refractivity (Wildman–Crippen MR) is 95.4 cm³/mol. The van der Waals surface area contributed by atoms with Crippen molar-refractivity contribution in [2.45, 2.75) is 18.5 Å². The number of rotatable bonds is 6. The fourth-order valence-corrected chi connectivity index (χ4v) is 2.59. The number of hydrogen-bond acceptors (Lipinski definition) is 9. The Labute approximate surface area is 150 Å². The first-order chi connectivity index (χ1) is 12.6. The van der Waals surface area contributed by atoms with Gasteiger partial charge >= 0.3 is 0 Å². The number of nitrogens with two attached hydrogens (primary N) is 2. The normalized spacial score (nSPS) is 19.6. The van der Waals surface area contributed by atoms with Crippen molar-refractivity contribution in [1.29, 1.82) is 0 Å². The summed E-state index contributed by atoms with van der Waals surface area (Å²) in [5, 5.41) is 6.24. The van der Waals surface area contributed by atoms with E-state index in [4.69, 9.17) is 20.9 Å². The summed E-state index contributed by atoms with van der Waals surface area (Å²) in [6.07, 6.45) is 5.35. The lowest BCUT2D eigenvalue weighted by atomic mass is 10.0. The monoisotopic (exact) mass is 359 g/mol. The van der Waals surface area contributed by atoms with E-state index >= 15 is 0 Å². The molecule has 26 heavy (non-hydrogen) atoms. The van der Waals surface area contributed by atoms with Gasteiger partial charge in [-0.3, -0.25) is 9.78 Å². The Balaban J connectivity index is 1.85. The summed E-state index contributed by atoms with van der Waals surface area (Å²) < 4.78 is 10.5. The number of nitrogens with zero attached hydrogens (tertiary/aromatic N) is 3. The molecule has 1 aliphatic heterocycles. The number of pyridine rings is 1. The van der Waals surface area contributed by atoms with Gasteiger partial charge in [0.25, 0.3) is 5.91 Å². The van der Waals surface area contributed by atoms with Gasteiger partial charge in [-0.2, -0.15) is 0 Å². The van der Waals surface area contributed by atoms with Crippen LogP contribution in [0.1, 0.15) is 16.9 Å². The van der Waals surface area contributed by atoms with Crippen LogP contribution in [-0.4, -0.2) is 53.3 Å². The number of carbonyl (C=O) groups excluding carboxylic acids is 1. The molecule has 0 unspecified atom stereocenters. The molecular weight excluding hydrogens is 338 g/mol. The smallest absolute Gasteiger partial charge is 0.271 e. The van der Waals surface area contributed by atoms with Crippen molar-refractivity contribution in [3.05, 3.63) is 30.4 Å². The first-order valence-corrected chi connectivity index (χ1v) is 8.09. The Hall–Kier alpha value is -2.98. The molecule has 0 saturated carbocycles. The van der Waals surface area contributed by atoms with E-state index in [1.54, 1.807) is 18.5 Å². The van der Waals surface area contributed by atoms with E-state index in [1.165, 1.54) is 13.3 Å². The first-order valence-electron chi connectivity index (χ1n) is 8.09. The zero-order chi connectivity index (χ0) is 18.5. The van der Waals surface area contributed by atoms with Gasteiger partial charge in [0.05, 0.1) is 38.0 Å². The van der Waals surface area contributed by atoms with Crippen LogP contribution in [0.15, 0.2) is 24.7 Å². The molecule has 0 bridgehead atoms. The highest BCUT2D eigenvalue weighted by atomic mass is 16.5. The third-order valence-electron chi connectivity index (χ3n) is 3.95. The second kappa shape index (κ2) is 7.93. The maximum absolute atomic E-state index is 11.7. The molecule has 0 aliphatic carbocycles. The van der Waals surface area contributed by atoms with Gasteiger partial charge in [-0.15, -0.1) is 0 Å². The summed E-state index contributed by atoms with van der Waals surface area (Å²) in [6, 6.07) is 1.57. The molecule has 0 spiro atoms. The second-order valence-electron chi connectivity index (χ2n) is 5.83. The molecule has 2 atom stereocenters. The summed E-state index contributed by atoms with van der Waals surface area (Å²) in [6.45, 7) is 1.10. The lowest BCUT2D eigenvalue weighted by Crippen LogP contribution is -2.47. The van der Waals surface area contributed by atoms with Crippen LogP contribution < -0.4 is 26.8 Å². The molecule has 3 heterocycles. The van der Waals surface area contributed by atoms with Gasteiger partial charge in [-0.25, -0.2) is 9.97 Å². The Morgan fingerprint density at radius 1 is 1.38 bits per heavy atom. The molecule has 1 aliphatic rings. The van der Waals surface area contributed by atoms with Gasteiger partial charge in [0.2, 0.25) is 0 Å². The Kier molecular flexibility index (Phi) is 5.44. The first kappa shape index (κ1) is 17.8. The number of nitrogens with one attached hydrogen (secondary N) is 2. The summed E-state index contributed by atoms with van der Waals surface area (Å²) in [5.41, 5.74) is 12.1. The third-order valence-corrected chi connectivity index (χ3v) is 3.95. The summed E-state index contributed by atoms with van der Waals surface area (Å²) in [5.74, 6) is 0.574. The quantitative estimate of drug-likeness (QED) is 0.569. The second-order valence-corrected chi connectivity index (χ2v) is 5.83. The summed E-state index contributed by atoms with van der Waals surface area (Å²) in [7, 11) is 1.54. The van der Waals surface area contributed by atoms with Crippen LogP contribution in [0.4, 0.5) is 17.3 Å². The summed E-state index contributed by atoms with van der Waals surface area (Å²) in [4.78, 5) is 24.3. The molecule has 0 radical (unpaired) electrons. The average Bonchev–Trinajstić information content (AvgIpc) is 2.64. The molecule has 10 nitrogen and oxygen atoms in total. The number of carbonyl (C=O) groups is 1. The molecule has 10 heteroatoms. The number of anilines is 3. The lowest BCUT2D eigenvalue weighted by molar-refractivity contribution is 0.0752. The maximum atomic E-state index is 11.7. The lowest BCUT2D eigenvalue weighted by Gasteiger charge is -2.29. The third kappa shape index (κ3) is 4.16. The fourth-order valence-electron chi connectivity index (χ4n) is 2.59. The van der Waals surface area contributed by atoms with Crippen molar-refractivity contribution >= 4 is 23.2 Å². The minimum Gasteiger partial charge on any atom is -0.495 e. The highest BCUT2D eigenvalue weighted by Gasteiger charge is 2.23. The fraction of sp³-hybridized carbons (Fsp3) is 0.375. The summed E-state index contributed by atoms with van der Waals surface area (Å²) >= 11 is 0. The Morgan fingerprint density at radius 3 is 2.96 bits per heavy atom. The van der Waals surface area contributed by atoms with Crippen molar-refractivity contribution in [3.8, 4) is 5.75 Å². The largest absolute Gasteiger partial charge is 0.495 e. The molecule has 138 valence electrons. The van der Waals surface area contributed by atoms with E-state index in [0.717, 1.165) is 6.42 Å². The van der Waals surface area contributed by atoms with Crippen LogP contribution in [0.2, 0.25) is 0 Å². The van der Waals surface area contributed by atoms with Gasteiger partial charge in [0.15, 0.2) is 11.5 Å². The van der Waals surface area contributed by atoms with Gasteiger partial charge in [0.1, 0.15) is 11.6 Å². The molecule has 1 fully saturated rings. The SMILES string of the molecule is COc1cncc(Nc2nc(N[C@@H]3CCOC[C@@H]3N)cnc2C(N)=O)c1. The maximum Gasteiger partial charge on any atom is 0.271 e. The van der Waals surface area contributed by atoms with Crippen molar-refractivity contribution in [3.63, 3.8) is 0 Å². The van der Waals surface area contributed by atoms with Gasteiger partial charge in [0, 0.05) is 24.8 Å². The zero-order valence-electron chi connectivity index (χ0n) is 14.3. The minimum atomic E-state index is -0.690. The average molecular weight is 359 g/mol. The van der Waals surface area contributed by atoms with E-state index in [-0.39, 0.29) is 23.6 Å². The molecule has 1 amide bonds. The molecular formula is C16H21N7O3. The minimum absolute atomic E-state index is 0.00353. The predicted octanol–water partition coefficient (Wildman–Crippen LogP) is 0.251. The molecule has 3 rings (SSSR count). The molecule has 2 aromatic rings. The van der Waals surface area contributed by atoms with E-state index in [0.29, 0.717) is 30.5 Å². The van der Waals surface area contributed by atoms with Gasteiger partial charge < -0.3 is 31.6 Å². The van der Waals surface area contributed by atoms with Crippen molar-refractivity contribution in [2.24, 2.45) is 11.5 Å². The molecule has 1 saturated heterocycles. The Morgan fingerprint density at radius 2 is 2.23 bits per heavy atom. The zero-order valence-corrected chi connectivity index (χ0v) is 14.3. The number of amides is 1. The van der Waals surface area contributed by atoms with Crippen molar-refractivity contribution in [1.82, 2.24) is 15.0 Å². The van der Waals surface area contributed by atoms with Gasteiger partial charge in [-0.05, 0) is 6.42 Å². The van der Waals surface area contributed by atoms with Crippen LogP contribution in [0.5, 0.6) is 5.75 Å². The molecule has 6 N–H and O–H groups in total. The van der Waals surface area contributed by atoms with Crippen molar-refractivity contribution in [2.75, 3.05) is 31.0 Å².